The maximum absolute atomic E-state index is 13.5. The van der Waals surface area contributed by atoms with E-state index in [1.165, 1.54) is 0 Å². The Kier molecular flexibility index (Phi) is 5.56. The molecule has 5 aliphatic rings. The molecular weight excluding hydrogens is 420 g/mol. The molecule has 0 aromatic rings. The highest BCUT2D eigenvalue weighted by molar-refractivity contribution is 6.01. The van der Waals surface area contributed by atoms with E-state index >= 15 is 0 Å². The van der Waals surface area contributed by atoms with Crippen molar-refractivity contribution in [3.05, 3.63) is 23.8 Å². The first-order valence-electron chi connectivity index (χ1n) is 12.7. The third kappa shape index (κ3) is 3.13. The topological polar surface area (TPSA) is 82.1 Å². The SMILES string of the molecule is CCCC[C@@]1(OC)OCC(=O)[C@@]2(CC[C@@H]3[C@H]4CCC5=CC(=O)C=C[C@]5(C)[C@@H]4[C@@H](O)C[C@]32C)O1. The summed E-state index contributed by atoms with van der Waals surface area (Å²) in [7, 11) is 1.59. The molecule has 1 aliphatic heterocycles. The number of rotatable bonds is 4. The van der Waals surface area contributed by atoms with Crippen LogP contribution < -0.4 is 0 Å². The zero-order valence-corrected chi connectivity index (χ0v) is 20.4. The molecule has 0 unspecified atom stereocenters. The average Bonchev–Trinajstić information content (AvgIpc) is 3.07. The lowest BCUT2D eigenvalue weighted by atomic mass is 9.46. The number of methoxy groups -OCH3 is 1. The largest absolute Gasteiger partial charge is 0.393 e. The van der Waals surface area contributed by atoms with Crippen molar-refractivity contribution in [2.75, 3.05) is 13.7 Å². The first kappa shape index (κ1) is 23.4. The molecule has 3 saturated carbocycles. The number of hydrogen-bond acceptors (Lipinski definition) is 6. The number of allylic oxidation sites excluding steroid dienone is 4. The summed E-state index contributed by atoms with van der Waals surface area (Å²) >= 11 is 0. The van der Waals surface area contributed by atoms with Gasteiger partial charge in [0.1, 0.15) is 12.2 Å². The molecule has 0 bridgehead atoms. The highest BCUT2D eigenvalue weighted by atomic mass is 16.9. The summed E-state index contributed by atoms with van der Waals surface area (Å²) < 4.78 is 18.3. The van der Waals surface area contributed by atoms with E-state index in [2.05, 4.69) is 20.8 Å². The molecule has 1 saturated heterocycles. The molecule has 6 heteroatoms. The van der Waals surface area contributed by atoms with E-state index in [-0.39, 0.29) is 41.3 Å². The number of aliphatic hydroxyl groups is 1. The van der Waals surface area contributed by atoms with Crippen molar-refractivity contribution in [3.8, 4) is 0 Å². The van der Waals surface area contributed by atoms with E-state index in [9.17, 15) is 14.7 Å². The third-order valence-corrected chi connectivity index (χ3v) is 9.97. The van der Waals surface area contributed by atoms with E-state index in [4.69, 9.17) is 14.2 Å². The number of carbonyl (C=O) groups excluding carboxylic acids is 2. The van der Waals surface area contributed by atoms with Gasteiger partial charge >= 0.3 is 0 Å². The zero-order chi connectivity index (χ0) is 23.6. The Morgan fingerprint density at radius 2 is 2.03 bits per heavy atom. The Morgan fingerprint density at radius 3 is 2.76 bits per heavy atom. The van der Waals surface area contributed by atoms with E-state index in [0.29, 0.717) is 19.3 Å². The number of carbonyl (C=O) groups is 2. The van der Waals surface area contributed by atoms with Crippen LogP contribution in [0.1, 0.15) is 72.1 Å². The molecule has 1 N–H and O–H groups in total. The quantitative estimate of drug-likeness (QED) is 0.683. The van der Waals surface area contributed by atoms with Crippen LogP contribution in [0.25, 0.3) is 0 Å². The van der Waals surface area contributed by atoms with Crippen LogP contribution in [0, 0.1) is 28.6 Å². The average molecular weight is 459 g/mol. The molecule has 1 spiro atoms. The van der Waals surface area contributed by atoms with Gasteiger partial charge in [0, 0.05) is 30.3 Å². The smallest absolute Gasteiger partial charge is 0.284 e. The number of hydrogen-bond donors (Lipinski definition) is 1. The van der Waals surface area contributed by atoms with Crippen LogP contribution in [0.2, 0.25) is 0 Å². The summed E-state index contributed by atoms with van der Waals surface area (Å²) in [5, 5.41) is 11.6. The Morgan fingerprint density at radius 1 is 1.24 bits per heavy atom. The Balaban J connectivity index is 1.51. The maximum Gasteiger partial charge on any atom is 0.284 e. The van der Waals surface area contributed by atoms with Gasteiger partial charge in [-0.3, -0.25) is 9.59 Å². The van der Waals surface area contributed by atoms with Gasteiger partial charge in [0.15, 0.2) is 11.6 Å². The van der Waals surface area contributed by atoms with Gasteiger partial charge in [-0.15, -0.1) is 0 Å². The van der Waals surface area contributed by atoms with Gasteiger partial charge in [-0.2, -0.15) is 0 Å². The molecule has 5 rings (SSSR count). The van der Waals surface area contributed by atoms with E-state index in [1.54, 1.807) is 19.3 Å². The van der Waals surface area contributed by atoms with Crippen LogP contribution in [0.5, 0.6) is 0 Å². The fourth-order valence-corrected chi connectivity index (χ4v) is 8.30. The molecule has 4 aliphatic carbocycles. The summed E-state index contributed by atoms with van der Waals surface area (Å²) in [6, 6.07) is 0. The molecule has 0 aromatic heterocycles. The summed E-state index contributed by atoms with van der Waals surface area (Å²) in [6.45, 7) is 6.42. The van der Waals surface area contributed by atoms with Crippen LogP contribution >= 0.6 is 0 Å². The fourth-order valence-electron chi connectivity index (χ4n) is 8.30. The van der Waals surface area contributed by atoms with Gasteiger partial charge in [-0.1, -0.05) is 38.8 Å². The van der Waals surface area contributed by atoms with Crippen LogP contribution in [0.4, 0.5) is 0 Å². The second kappa shape index (κ2) is 7.84. The summed E-state index contributed by atoms with van der Waals surface area (Å²) in [6.07, 6.45) is 11.1. The molecule has 6 nitrogen and oxygen atoms in total. The van der Waals surface area contributed by atoms with Crippen molar-refractivity contribution in [2.24, 2.45) is 28.6 Å². The number of ether oxygens (including phenoxy) is 3. The van der Waals surface area contributed by atoms with Crippen LogP contribution in [-0.4, -0.2) is 48.1 Å². The summed E-state index contributed by atoms with van der Waals surface area (Å²) in [5.41, 5.74) is -0.661. The standard InChI is InChI=1S/C27H38O6/c1-5-6-11-27(31-4)32-16-22(30)26(33-27)13-10-20-19-8-7-17-14-18(28)9-12-24(17,2)23(19)21(29)15-25(20,26)3/h9,12,14,19-21,23,29H,5-8,10-11,13,15-16H2,1-4H3/t19-,20-,21+,23+,24+,25-,26-,27-/m1/s1. The predicted molar refractivity (Wildman–Crippen MR) is 122 cm³/mol. The van der Waals surface area contributed by atoms with Crippen LogP contribution in [-0.2, 0) is 23.8 Å². The first-order chi connectivity index (χ1) is 15.6. The first-order valence-corrected chi connectivity index (χ1v) is 12.7. The molecule has 1 heterocycles. The number of Topliss-reactive ketones (excluding diaryl/α,β-unsaturated/α-hetero) is 1. The third-order valence-electron chi connectivity index (χ3n) is 9.97. The van der Waals surface area contributed by atoms with Gasteiger partial charge in [0.2, 0.25) is 0 Å². The van der Waals surface area contributed by atoms with Gasteiger partial charge in [-0.05, 0) is 62.5 Å². The van der Waals surface area contributed by atoms with Crippen molar-refractivity contribution < 1.29 is 28.9 Å². The minimum atomic E-state index is -1.20. The number of fused-ring (bicyclic) bond motifs is 6. The fraction of sp³-hybridized carbons (Fsp3) is 0.778. The van der Waals surface area contributed by atoms with Crippen LogP contribution in [0.15, 0.2) is 23.8 Å². The summed E-state index contributed by atoms with van der Waals surface area (Å²) in [5.74, 6) is -0.613. The Bertz CT molecular complexity index is 908. The van der Waals surface area contributed by atoms with Crippen molar-refractivity contribution in [2.45, 2.75) is 89.8 Å². The normalized spacial score (nSPS) is 48.9. The van der Waals surface area contributed by atoms with Gasteiger partial charge in [0.25, 0.3) is 5.97 Å². The van der Waals surface area contributed by atoms with Crippen molar-refractivity contribution in [1.29, 1.82) is 0 Å². The maximum atomic E-state index is 13.5. The highest BCUT2D eigenvalue weighted by Gasteiger charge is 2.71. The van der Waals surface area contributed by atoms with Crippen molar-refractivity contribution in [3.63, 3.8) is 0 Å². The molecular formula is C27H38O6. The number of ketones is 2. The lowest BCUT2D eigenvalue weighted by molar-refractivity contribution is -0.426. The molecule has 0 radical (unpaired) electrons. The van der Waals surface area contributed by atoms with E-state index in [0.717, 1.165) is 37.7 Å². The number of aliphatic hydroxyl groups excluding tert-OH is 1. The predicted octanol–water partition coefficient (Wildman–Crippen LogP) is 4.11. The van der Waals surface area contributed by atoms with E-state index < -0.39 is 23.1 Å². The van der Waals surface area contributed by atoms with Gasteiger partial charge in [-0.25, -0.2) is 0 Å². The Labute approximate surface area is 196 Å². The molecule has 4 fully saturated rings. The molecule has 182 valence electrons. The second-order valence-corrected chi connectivity index (χ2v) is 11.4. The van der Waals surface area contributed by atoms with E-state index in [1.807, 2.05) is 6.08 Å². The van der Waals surface area contributed by atoms with Crippen molar-refractivity contribution >= 4 is 11.6 Å². The highest BCUT2D eigenvalue weighted by Crippen LogP contribution is 2.68. The minimum Gasteiger partial charge on any atom is -0.393 e. The Hall–Kier alpha value is -1.34. The summed E-state index contributed by atoms with van der Waals surface area (Å²) in [4.78, 5) is 25.5. The minimum absolute atomic E-state index is 0.0144. The zero-order valence-electron chi connectivity index (χ0n) is 20.4. The number of unbranched alkanes of at least 4 members (excludes halogenated alkanes) is 1. The molecule has 0 amide bonds. The molecule has 33 heavy (non-hydrogen) atoms. The monoisotopic (exact) mass is 458 g/mol. The van der Waals surface area contributed by atoms with Crippen molar-refractivity contribution in [1.82, 2.24) is 0 Å². The van der Waals surface area contributed by atoms with Crippen LogP contribution in [0.3, 0.4) is 0 Å². The molecule has 0 aromatic carbocycles. The second-order valence-electron chi connectivity index (χ2n) is 11.4. The lowest BCUT2D eigenvalue weighted by Crippen LogP contribution is -2.67. The molecule has 8 atom stereocenters. The van der Waals surface area contributed by atoms with Gasteiger partial charge < -0.3 is 19.3 Å². The van der Waals surface area contributed by atoms with Gasteiger partial charge in [0.05, 0.1) is 6.10 Å². The lowest BCUT2D eigenvalue weighted by Gasteiger charge is -2.61.